The van der Waals surface area contributed by atoms with Gasteiger partial charge in [0.1, 0.15) is 11.6 Å². The van der Waals surface area contributed by atoms with Gasteiger partial charge in [0, 0.05) is 19.3 Å². The molecule has 35 heavy (non-hydrogen) atoms. The summed E-state index contributed by atoms with van der Waals surface area (Å²) in [6, 6.07) is 22.4. The predicted octanol–water partition coefficient (Wildman–Crippen LogP) is 5.99. The summed E-state index contributed by atoms with van der Waals surface area (Å²) in [5.41, 5.74) is 6.85. The fourth-order valence-electron chi connectivity index (χ4n) is 4.13. The van der Waals surface area contributed by atoms with Crippen molar-refractivity contribution in [2.45, 2.75) is 6.54 Å². The van der Waals surface area contributed by atoms with Gasteiger partial charge in [-0.05, 0) is 92.5 Å². The largest absolute Gasteiger partial charge is 0.354 e. The summed E-state index contributed by atoms with van der Waals surface area (Å²) in [5.74, 6) is -0.623. The van der Waals surface area contributed by atoms with Crippen LogP contribution >= 0.6 is 0 Å². The molecule has 1 aliphatic heterocycles. The Morgan fingerprint density at radius 2 is 1.57 bits per heavy atom. The van der Waals surface area contributed by atoms with Gasteiger partial charge in [0.2, 0.25) is 0 Å². The lowest BCUT2D eigenvalue weighted by Gasteiger charge is -2.18. The second kappa shape index (κ2) is 9.27. The Bertz CT molecular complexity index is 1540. The molecule has 0 saturated carbocycles. The molecule has 1 heterocycles. The van der Waals surface area contributed by atoms with Crippen molar-refractivity contribution in [3.8, 4) is 11.4 Å². The van der Waals surface area contributed by atoms with E-state index in [4.69, 9.17) is 9.98 Å². The van der Waals surface area contributed by atoms with Gasteiger partial charge in [0.25, 0.3) is 0 Å². The zero-order valence-electron chi connectivity index (χ0n) is 19.8. The van der Waals surface area contributed by atoms with Gasteiger partial charge >= 0.3 is 0 Å². The molecule has 7 heteroatoms. The summed E-state index contributed by atoms with van der Waals surface area (Å²) in [6.07, 6.45) is 0. The zero-order chi connectivity index (χ0) is 24.5. The maximum absolute atomic E-state index is 13.4. The third-order valence-corrected chi connectivity index (χ3v) is 5.79. The number of benzene rings is 4. The Morgan fingerprint density at radius 3 is 2.26 bits per heavy atom. The van der Waals surface area contributed by atoms with E-state index in [0.29, 0.717) is 16.7 Å². The zero-order valence-corrected chi connectivity index (χ0v) is 19.8. The SMILES string of the molecule is CN(C)Cc1ccc2c(c1)nc1cc(Nc3ccc(F)cc3)c(=Nc3ccc(F)cc3)cc-1n2C. The Labute approximate surface area is 202 Å². The van der Waals surface area contributed by atoms with E-state index in [-0.39, 0.29) is 11.6 Å². The topological polar surface area (TPSA) is 45.5 Å². The lowest BCUT2D eigenvalue weighted by Crippen LogP contribution is -2.14. The van der Waals surface area contributed by atoms with Crippen LogP contribution in [0.25, 0.3) is 22.4 Å². The van der Waals surface area contributed by atoms with Gasteiger partial charge < -0.3 is 14.8 Å². The second-order valence-electron chi connectivity index (χ2n) is 8.81. The highest BCUT2D eigenvalue weighted by molar-refractivity contribution is 5.82. The average molecular weight is 470 g/mol. The number of hydrogen-bond acceptors (Lipinski definition) is 4. The van der Waals surface area contributed by atoms with Crippen molar-refractivity contribution in [2.75, 3.05) is 19.4 Å². The number of nitrogens with one attached hydrogen (secondary N) is 1. The third kappa shape index (κ3) is 4.90. The van der Waals surface area contributed by atoms with Gasteiger partial charge in [-0.25, -0.2) is 18.8 Å². The lowest BCUT2D eigenvalue weighted by atomic mass is 10.1. The Kier molecular flexibility index (Phi) is 6.01. The molecule has 0 fully saturated rings. The van der Waals surface area contributed by atoms with Gasteiger partial charge in [-0.15, -0.1) is 0 Å². The molecule has 0 unspecified atom stereocenters. The van der Waals surface area contributed by atoms with Gasteiger partial charge in [0.15, 0.2) is 0 Å². The molecule has 1 N–H and O–H groups in total. The van der Waals surface area contributed by atoms with Gasteiger partial charge in [-0.2, -0.15) is 0 Å². The van der Waals surface area contributed by atoms with Crippen molar-refractivity contribution in [1.29, 1.82) is 0 Å². The van der Waals surface area contributed by atoms with Crippen molar-refractivity contribution in [1.82, 2.24) is 14.5 Å². The Hall–Kier alpha value is -4.10. The fourth-order valence-corrected chi connectivity index (χ4v) is 4.13. The molecule has 176 valence electrons. The van der Waals surface area contributed by atoms with E-state index in [0.717, 1.165) is 34.7 Å². The molecule has 5 rings (SSSR count). The molecule has 3 aromatic rings. The number of fused-ring (bicyclic) bond motifs is 2. The molecule has 1 aliphatic carbocycles. The predicted molar refractivity (Wildman–Crippen MR) is 136 cm³/mol. The van der Waals surface area contributed by atoms with Crippen LogP contribution in [0.4, 0.5) is 25.8 Å². The molecule has 0 radical (unpaired) electrons. The first-order chi connectivity index (χ1) is 16.9. The van der Waals surface area contributed by atoms with Gasteiger partial charge in [0.05, 0.1) is 39.2 Å². The van der Waals surface area contributed by atoms with Crippen LogP contribution in [0.15, 0.2) is 83.9 Å². The summed E-state index contributed by atoms with van der Waals surface area (Å²) in [4.78, 5) is 11.8. The van der Waals surface area contributed by atoms with Gasteiger partial charge in [-0.1, -0.05) is 6.07 Å². The molecule has 0 amide bonds. The van der Waals surface area contributed by atoms with Crippen molar-refractivity contribution in [2.24, 2.45) is 12.0 Å². The number of aryl methyl sites for hydroxylation is 1. The highest BCUT2D eigenvalue weighted by Crippen LogP contribution is 2.28. The fraction of sp³-hybridized carbons (Fsp3) is 0.143. The number of aromatic nitrogens is 2. The summed E-state index contributed by atoms with van der Waals surface area (Å²) in [7, 11) is 6.09. The highest BCUT2D eigenvalue weighted by atomic mass is 19.1. The number of anilines is 2. The van der Waals surface area contributed by atoms with E-state index in [1.165, 1.54) is 29.8 Å². The summed E-state index contributed by atoms with van der Waals surface area (Å²) >= 11 is 0. The Balaban J connectivity index is 1.71. The first kappa shape index (κ1) is 22.7. The van der Waals surface area contributed by atoms with Crippen LogP contribution < -0.4 is 10.7 Å². The molecule has 3 aromatic carbocycles. The number of nitrogens with zero attached hydrogens (tertiary/aromatic N) is 4. The second-order valence-corrected chi connectivity index (χ2v) is 8.81. The van der Waals surface area contributed by atoms with Gasteiger partial charge in [-0.3, -0.25) is 0 Å². The normalized spacial score (nSPS) is 12.1. The quantitative estimate of drug-likeness (QED) is 0.322. The molecule has 0 aromatic heterocycles. The number of rotatable bonds is 5. The van der Waals surface area contributed by atoms with E-state index in [2.05, 4.69) is 33.0 Å². The van der Waals surface area contributed by atoms with Crippen LogP contribution in [-0.4, -0.2) is 28.5 Å². The first-order valence-electron chi connectivity index (χ1n) is 11.3. The molecular weight excluding hydrogens is 444 g/mol. The standard InChI is InChI=1S/C28H25F2N5/c1-34(2)17-18-4-13-27-25(14-18)33-26-15-23(31-21-9-5-19(29)6-10-21)24(16-28(26)35(27)3)32-22-11-7-20(30)8-12-22/h4-16,31H,17H2,1-3H3. The summed E-state index contributed by atoms with van der Waals surface area (Å²) < 4.78 is 29.0. The minimum absolute atomic E-state index is 0.307. The number of halogens is 2. The van der Waals surface area contributed by atoms with E-state index >= 15 is 0 Å². The van der Waals surface area contributed by atoms with Crippen molar-refractivity contribution in [3.05, 3.63) is 101 Å². The number of hydrogen-bond donors (Lipinski definition) is 1. The summed E-state index contributed by atoms with van der Waals surface area (Å²) in [6.45, 7) is 0.826. The molecule has 5 nitrogen and oxygen atoms in total. The molecular formula is C28H25F2N5. The van der Waals surface area contributed by atoms with Crippen LogP contribution in [0.3, 0.4) is 0 Å². The van der Waals surface area contributed by atoms with E-state index in [1.54, 1.807) is 24.3 Å². The smallest absolute Gasteiger partial charge is 0.123 e. The van der Waals surface area contributed by atoms with Crippen LogP contribution in [0.1, 0.15) is 5.56 Å². The third-order valence-electron chi connectivity index (χ3n) is 5.79. The summed E-state index contributed by atoms with van der Waals surface area (Å²) in [5, 5.41) is 4.00. The lowest BCUT2D eigenvalue weighted by molar-refractivity contribution is 0.402. The molecule has 0 bridgehead atoms. The average Bonchev–Trinajstić information content (AvgIpc) is 2.82. The van der Waals surface area contributed by atoms with Crippen LogP contribution in [0, 0.1) is 11.6 Å². The maximum Gasteiger partial charge on any atom is 0.123 e. The van der Waals surface area contributed by atoms with Crippen LogP contribution in [0.5, 0.6) is 0 Å². The van der Waals surface area contributed by atoms with Crippen molar-refractivity contribution < 1.29 is 8.78 Å². The first-order valence-corrected chi connectivity index (χ1v) is 11.3. The molecule has 0 saturated heterocycles. The van der Waals surface area contributed by atoms with Crippen molar-refractivity contribution in [3.63, 3.8) is 0 Å². The monoisotopic (exact) mass is 469 g/mol. The van der Waals surface area contributed by atoms with Crippen LogP contribution in [0.2, 0.25) is 0 Å². The Morgan fingerprint density at radius 1 is 0.886 bits per heavy atom. The van der Waals surface area contributed by atoms with E-state index in [9.17, 15) is 8.78 Å². The highest BCUT2D eigenvalue weighted by Gasteiger charge is 2.14. The molecule has 2 aliphatic rings. The van der Waals surface area contributed by atoms with Crippen molar-refractivity contribution >= 4 is 28.1 Å². The van der Waals surface area contributed by atoms with E-state index in [1.807, 2.05) is 33.3 Å². The minimum atomic E-state index is -0.317. The molecule has 0 spiro atoms. The minimum Gasteiger partial charge on any atom is -0.354 e. The molecule has 0 atom stereocenters. The van der Waals surface area contributed by atoms with E-state index < -0.39 is 0 Å². The van der Waals surface area contributed by atoms with Crippen LogP contribution in [-0.2, 0) is 13.6 Å². The maximum atomic E-state index is 13.4.